The Hall–Kier alpha value is -3.30. The van der Waals surface area contributed by atoms with Gasteiger partial charge in [0.15, 0.2) is 0 Å². The summed E-state index contributed by atoms with van der Waals surface area (Å²) in [5.74, 6) is -2.72. The van der Waals surface area contributed by atoms with Crippen LogP contribution in [0.1, 0.15) is 24.8 Å². The predicted molar refractivity (Wildman–Crippen MR) is 95.6 cm³/mol. The first kappa shape index (κ1) is 22.7. The molecule has 0 aliphatic rings. The minimum Gasteiger partial charge on any atom is -0.494 e. The molecule has 5 N–H and O–H groups in total. The molecule has 0 heterocycles. The van der Waals surface area contributed by atoms with Gasteiger partial charge < -0.3 is 20.7 Å². The summed E-state index contributed by atoms with van der Waals surface area (Å²) in [4.78, 5) is 19.3. The number of nitrogen functional groups attached to an aromatic ring is 1. The molecule has 10 heteroatoms. The van der Waals surface area contributed by atoms with Crippen molar-refractivity contribution in [1.29, 1.82) is 5.41 Å². The number of alkyl halides is 3. The molecule has 0 atom stereocenters. The third kappa shape index (κ3) is 7.94. The van der Waals surface area contributed by atoms with Gasteiger partial charge in [0, 0.05) is 12.0 Å². The van der Waals surface area contributed by atoms with Gasteiger partial charge in [0.1, 0.15) is 11.6 Å². The molecule has 0 fully saturated rings. The third-order valence-corrected chi connectivity index (χ3v) is 3.42. The summed E-state index contributed by atoms with van der Waals surface area (Å²) in [6, 6.07) is 11.3. The summed E-state index contributed by atoms with van der Waals surface area (Å²) in [6.07, 6.45) is -3.58. The molecule has 0 amide bonds. The van der Waals surface area contributed by atoms with Gasteiger partial charge in [-0.3, -0.25) is 10.2 Å². The quantitative estimate of drug-likeness (QED) is 0.320. The van der Waals surface area contributed by atoms with E-state index in [1.54, 1.807) is 6.07 Å². The van der Waals surface area contributed by atoms with Gasteiger partial charge in [0.25, 0.3) is 0 Å². The van der Waals surface area contributed by atoms with Crippen LogP contribution in [-0.4, -0.2) is 40.8 Å². The Bertz CT molecular complexity index is 853. The van der Waals surface area contributed by atoms with E-state index in [1.807, 2.05) is 30.3 Å². The second kappa shape index (κ2) is 10.1. The second-order valence-corrected chi connectivity index (χ2v) is 5.64. The molecule has 0 radical (unpaired) electrons. The molecule has 0 saturated heterocycles. The number of benzene rings is 2. The first-order chi connectivity index (χ1) is 13.0. The number of halogens is 3. The van der Waals surface area contributed by atoms with Crippen LogP contribution in [0.3, 0.4) is 0 Å². The van der Waals surface area contributed by atoms with Crippen LogP contribution in [0.4, 0.5) is 13.2 Å². The van der Waals surface area contributed by atoms with Gasteiger partial charge in [-0.05, 0) is 41.8 Å². The van der Waals surface area contributed by atoms with Crippen molar-refractivity contribution in [3.63, 3.8) is 0 Å². The number of hydrogen-bond acceptors (Lipinski definition) is 4. The highest BCUT2D eigenvalue weighted by atomic mass is 19.4. The lowest BCUT2D eigenvalue weighted by atomic mass is 10.1. The molecule has 2 aromatic rings. The fourth-order valence-corrected chi connectivity index (χ4v) is 2.05. The van der Waals surface area contributed by atoms with E-state index in [0.29, 0.717) is 25.0 Å². The average molecular weight is 400 g/mol. The van der Waals surface area contributed by atoms with E-state index in [-0.39, 0.29) is 12.3 Å². The lowest BCUT2D eigenvalue weighted by Gasteiger charge is -2.08. The lowest BCUT2D eigenvalue weighted by molar-refractivity contribution is -0.192. The molecule has 152 valence electrons. The molecule has 0 saturated carbocycles. The van der Waals surface area contributed by atoms with Gasteiger partial charge in [-0.25, -0.2) is 4.79 Å². The first-order valence-corrected chi connectivity index (χ1v) is 8.03. The summed E-state index contributed by atoms with van der Waals surface area (Å²) in [7, 11) is 0. The second-order valence-electron chi connectivity index (χ2n) is 5.64. The van der Waals surface area contributed by atoms with Crippen molar-refractivity contribution in [3.8, 4) is 5.75 Å². The minimum absolute atomic E-state index is 0.0515. The highest BCUT2D eigenvalue weighted by molar-refractivity contribution is 5.99. The normalized spacial score (nSPS) is 10.7. The van der Waals surface area contributed by atoms with Crippen molar-refractivity contribution in [2.45, 2.75) is 25.4 Å². The molecule has 2 rings (SSSR count). The van der Waals surface area contributed by atoms with Crippen molar-refractivity contribution in [1.82, 2.24) is 0 Å². The largest absolute Gasteiger partial charge is 0.494 e. The van der Waals surface area contributed by atoms with Crippen molar-refractivity contribution < 1.29 is 37.7 Å². The van der Waals surface area contributed by atoms with E-state index in [9.17, 15) is 18.0 Å². The number of carboxylic acids is 2. The summed E-state index contributed by atoms with van der Waals surface area (Å²) < 4.78 is 37.3. The topological polar surface area (TPSA) is 134 Å². The van der Waals surface area contributed by atoms with Crippen LogP contribution < -0.4 is 10.5 Å². The Labute approximate surface area is 158 Å². The van der Waals surface area contributed by atoms with E-state index in [0.717, 1.165) is 16.5 Å². The maximum absolute atomic E-state index is 10.6. The predicted octanol–water partition coefficient (Wildman–Crippen LogP) is 3.39. The monoisotopic (exact) mass is 400 g/mol. The van der Waals surface area contributed by atoms with Crippen LogP contribution in [-0.2, 0) is 9.59 Å². The fourth-order valence-electron chi connectivity index (χ4n) is 2.05. The minimum atomic E-state index is -5.08. The number of unbranched alkanes of at least 4 members (excludes halogenated alkanes) is 1. The van der Waals surface area contributed by atoms with Gasteiger partial charge in [-0.1, -0.05) is 18.2 Å². The summed E-state index contributed by atoms with van der Waals surface area (Å²) in [5.41, 5.74) is 6.17. The van der Waals surface area contributed by atoms with Crippen molar-refractivity contribution in [3.05, 3.63) is 42.0 Å². The van der Waals surface area contributed by atoms with Crippen molar-refractivity contribution >= 4 is 28.5 Å². The van der Waals surface area contributed by atoms with E-state index in [1.165, 1.54) is 0 Å². The molecule has 7 nitrogen and oxygen atoms in total. The Morgan fingerprint density at radius 1 is 1.04 bits per heavy atom. The van der Waals surface area contributed by atoms with E-state index >= 15 is 0 Å². The third-order valence-electron chi connectivity index (χ3n) is 3.42. The van der Waals surface area contributed by atoms with E-state index in [2.05, 4.69) is 0 Å². The number of rotatable bonds is 7. The molecule has 0 bridgehead atoms. The Morgan fingerprint density at radius 3 is 2.14 bits per heavy atom. The molecule has 0 aliphatic carbocycles. The number of carboxylic acid groups (broad SMARTS) is 2. The Morgan fingerprint density at radius 2 is 1.61 bits per heavy atom. The highest BCUT2D eigenvalue weighted by Crippen LogP contribution is 2.22. The van der Waals surface area contributed by atoms with Crippen LogP contribution >= 0.6 is 0 Å². The zero-order valence-corrected chi connectivity index (χ0v) is 14.6. The maximum Gasteiger partial charge on any atom is 0.490 e. The van der Waals surface area contributed by atoms with E-state index in [4.69, 9.17) is 30.9 Å². The number of aliphatic carboxylic acids is 2. The summed E-state index contributed by atoms with van der Waals surface area (Å²) in [6.45, 7) is 0.504. The Kier molecular flexibility index (Phi) is 8.24. The lowest BCUT2D eigenvalue weighted by Crippen LogP contribution is -2.21. The fraction of sp³-hybridized carbons (Fsp3) is 0.278. The first-order valence-electron chi connectivity index (χ1n) is 8.03. The van der Waals surface area contributed by atoms with Crippen LogP contribution in [0.15, 0.2) is 36.4 Å². The SMILES string of the molecule is N=C(N)c1ccc2cc(OCCCCC(=O)O)ccc2c1.O=C(O)C(F)(F)F. The molecule has 0 unspecified atom stereocenters. The zero-order valence-electron chi connectivity index (χ0n) is 14.6. The molecule has 28 heavy (non-hydrogen) atoms. The maximum atomic E-state index is 10.6. The van der Waals surface area contributed by atoms with Gasteiger partial charge in [0.2, 0.25) is 0 Å². The van der Waals surface area contributed by atoms with Gasteiger partial charge >= 0.3 is 18.1 Å². The molecule has 0 spiro atoms. The highest BCUT2D eigenvalue weighted by Gasteiger charge is 2.38. The molecule has 0 aromatic heterocycles. The van der Waals surface area contributed by atoms with Crippen molar-refractivity contribution in [2.24, 2.45) is 5.73 Å². The van der Waals surface area contributed by atoms with Crippen LogP contribution in [0.25, 0.3) is 10.8 Å². The molecular formula is C18H19F3N2O5. The van der Waals surface area contributed by atoms with Crippen molar-refractivity contribution in [2.75, 3.05) is 6.61 Å². The van der Waals surface area contributed by atoms with Crippen LogP contribution in [0.2, 0.25) is 0 Å². The number of carbonyl (C=O) groups is 2. The molecule has 2 aromatic carbocycles. The molecule has 0 aliphatic heterocycles. The smallest absolute Gasteiger partial charge is 0.490 e. The number of amidine groups is 1. The number of fused-ring (bicyclic) bond motifs is 1. The van der Waals surface area contributed by atoms with Crippen LogP contribution in [0.5, 0.6) is 5.75 Å². The van der Waals surface area contributed by atoms with Gasteiger partial charge in [0.05, 0.1) is 6.61 Å². The van der Waals surface area contributed by atoms with Crippen LogP contribution in [0, 0.1) is 5.41 Å². The molecular weight excluding hydrogens is 381 g/mol. The average Bonchev–Trinajstić information content (AvgIpc) is 2.60. The van der Waals surface area contributed by atoms with Gasteiger partial charge in [-0.2, -0.15) is 13.2 Å². The number of nitrogens with two attached hydrogens (primary N) is 1. The number of hydrogen-bond donors (Lipinski definition) is 4. The summed E-state index contributed by atoms with van der Waals surface area (Å²) in [5, 5.41) is 25.1. The van der Waals surface area contributed by atoms with Gasteiger partial charge in [-0.15, -0.1) is 0 Å². The zero-order chi connectivity index (χ0) is 21.3. The van der Waals surface area contributed by atoms with E-state index < -0.39 is 18.1 Å². The standard InChI is InChI=1S/C16H18N2O3.C2HF3O2/c17-16(18)13-5-4-12-10-14(7-6-11(12)9-13)21-8-2-1-3-15(19)20;3-2(4,5)1(6)7/h4-7,9-10H,1-3,8H2,(H3,17,18)(H,19,20);(H,6,7). The Balaban J connectivity index is 0.000000480. The number of ether oxygens (including phenoxy) is 1. The summed E-state index contributed by atoms with van der Waals surface area (Å²) >= 11 is 0. The number of nitrogens with one attached hydrogen (secondary N) is 1.